The highest BCUT2D eigenvalue weighted by Crippen LogP contribution is 2.26. The van der Waals surface area contributed by atoms with Crippen molar-refractivity contribution in [1.82, 2.24) is 4.57 Å². The zero-order valence-electron chi connectivity index (χ0n) is 9.88. The van der Waals surface area contributed by atoms with Crippen LogP contribution in [0.3, 0.4) is 0 Å². The van der Waals surface area contributed by atoms with Gasteiger partial charge < -0.3 is 14.4 Å². The van der Waals surface area contributed by atoms with Crippen molar-refractivity contribution in [3.8, 4) is 11.8 Å². The van der Waals surface area contributed by atoms with E-state index >= 15 is 0 Å². The minimum Gasteiger partial charge on any atom is -0.497 e. The molecule has 0 aliphatic carbocycles. The number of aliphatic carboxylic acids is 1. The van der Waals surface area contributed by atoms with Crippen molar-refractivity contribution in [2.75, 3.05) is 7.11 Å². The number of nitriles is 1. The summed E-state index contributed by atoms with van der Waals surface area (Å²) in [6.45, 7) is -0.117. The molecule has 1 N–H and O–H groups in total. The Morgan fingerprint density at radius 2 is 2.33 bits per heavy atom. The second-order valence-corrected chi connectivity index (χ2v) is 3.89. The molecule has 0 aliphatic heterocycles. The van der Waals surface area contributed by atoms with Crippen LogP contribution in [-0.2, 0) is 17.8 Å². The number of carboxylic acids is 1. The van der Waals surface area contributed by atoms with E-state index in [9.17, 15) is 4.79 Å². The van der Waals surface area contributed by atoms with Gasteiger partial charge in [0.1, 0.15) is 12.3 Å². The molecule has 92 valence electrons. The summed E-state index contributed by atoms with van der Waals surface area (Å²) in [5.41, 5.74) is 1.61. The number of hydrogen-bond acceptors (Lipinski definition) is 3. The second-order valence-electron chi connectivity index (χ2n) is 3.89. The van der Waals surface area contributed by atoms with Crippen molar-refractivity contribution in [2.24, 2.45) is 0 Å². The van der Waals surface area contributed by atoms with Crippen LogP contribution in [0.1, 0.15) is 5.56 Å². The lowest BCUT2D eigenvalue weighted by Gasteiger charge is -2.03. The van der Waals surface area contributed by atoms with Crippen molar-refractivity contribution in [3.05, 3.63) is 30.0 Å². The van der Waals surface area contributed by atoms with E-state index in [0.29, 0.717) is 5.75 Å². The SMILES string of the molecule is COc1ccc2c(c1)c(CC#N)cn2CC(=O)O. The summed E-state index contributed by atoms with van der Waals surface area (Å²) >= 11 is 0. The van der Waals surface area contributed by atoms with Gasteiger partial charge in [0.05, 0.1) is 19.6 Å². The van der Waals surface area contributed by atoms with Gasteiger partial charge in [-0.2, -0.15) is 5.26 Å². The first-order valence-electron chi connectivity index (χ1n) is 5.40. The summed E-state index contributed by atoms with van der Waals surface area (Å²) in [7, 11) is 1.57. The minimum atomic E-state index is -0.911. The number of fused-ring (bicyclic) bond motifs is 1. The maximum atomic E-state index is 10.8. The first-order chi connectivity index (χ1) is 8.65. The Morgan fingerprint density at radius 3 is 2.94 bits per heavy atom. The molecule has 1 heterocycles. The molecular weight excluding hydrogens is 232 g/mol. The number of nitrogens with zero attached hydrogens (tertiary/aromatic N) is 2. The Hall–Kier alpha value is -2.48. The number of aromatic nitrogens is 1. The van der Waals surface area contributed by atoms with Gasteiger partial charge in [0.2, 0.25) is 0 Å². The maximum absolute atomic E-state index is 10.8. The van der Waals surface area contributed by atoms with E-state index in [4.69, 9.17) is 15.1 Å². The first kappa shape index (κ1) is 12.0. The highest BCUT2D eigenvalue weighted by Gasteiger charge is 2.11. The van der Waals surface area contributed by atoms with Gasteiger partial charge in [0.15, 0.2) is 0 Å². The van der Waals surface area contributed by atoms with Gasteiger partial charge in [-0.05, 0) is 23.8 Å². The number of rotatable bonds is 4. The van der Waals surface area contributed by atoms with Crippen LogP contribution in [0.15, 0.2) is 24.4 Å². The first-order valence-corrected chi connectivity index (χ1v) is 5.40. The Balaban J connectivity index is 2.60. The van der Waals surface area contributed by atoms with E-state index < -0.39 is 5.97 Å². The summed E-state index contributed by atoms with van der Waals surface area (Å²) in [5.74, 6) is -0.221. The summed E-state index contributed by atoms with van der Waals surface area (Å²) in [6.07, 6.45) is 1.96. The van der Waals surface area contributed by atoms with Crippen molar-refractivity contribution >= 4 is 16.9 Å². The quantitative estimate of drug-likeness (QED) is 0.889. The van der Waals surface area contributed by atoms with E-state index in [2.05, 4.69) is 6.07 Å². The van der Waals surface area contributed by atoms with Crippen molar-refractivity contribution in [3.63, 3.8) is 0 Å². The molecule has 5 nitrogen and oxygen atoms in total. The molecule has 0 fully saturated rings. The van der Waals surface area contributed by atoms with E-state index in [-0.39, 0.29) is 13.0 Å². The van der Waals surface area contributed by atoms with Crippen molar-refractivity contribution in [2.45, 2.75) is 13.0 Å². The normalized spacial score (nSPS) is 10.2. The van der Waals surface area contributed by atoms with Gasteiger partial charge in [-0.1, -0.05) is 0 Å². The van der Waals surface area contributed by atoms with Gasteiger partial charge in [0.25, 0.3) is 0 Å². The molecule has 1 aromatic carbocycles. The van der Waals surface area contributed by atoms with E-state index in [1.807, 2.05) is 6.07 Å². The molecule has 1 aromatic heterocycles. The van der Waals surface area contributed by atoms with Gasteiger partial charge in [-0.15, -0.1) is 0 Å². The Labute approximate surface area is 104 Å². The molecule has 0 saturated carbocycles. The van der Waals surface area contributed by atoms with Crippen LogP contribution in [0.5, 0.6) is 5.75 Å². The average Bonchev–Trinajstić information content (AvgIpc) is 2.67. The van der Waals surface area contributed by atoms with Crippen LogP contribution in [0, 0.1) is 11.3 Å². The predicted octanol–water partition coefficient (Wildman–Crippen LogP) is 1.80. The highest BCUT2D eigenvalue weighted by molar-refractivity contribution is 5.86. The van der Waals surface area contributed by atoms with Crippen LogP contribution in [0.25, 0.3) is 10.9 Å². The Kier molecular flexibility index (Phi) is 3.20. The molecule has 0 aliphatic rings. The summed E-state index contributed by atoms with van der Waals surface area (Å²) in [6, 6.07) is 7.48. The molecule has 2 aromatic rings. The number of carboxylic acid groups (broad SMARTS) is 1. The van der Waals surface area contributed by atoms with Gasteiger partial charge in [-0.25, -0.2) is 0 Å². The predicted molar refractivity (Wildman–Crippen MR) is 65.4 cm³/mol. The van der Waals surface area contributed by atoms with Crippen LogP contribution >= 0.6 is 0 Å². The lowest BCUT2D eigenvalue weighted by Crippen LogP contribution is -2.07. The minimum absolute atomic E-state index is 0.117. The standard InChI is InChI=1S/C13H12N2O3/c1-18-10-2-3-12-11(6-10)9(4-5-14)7-15(12)8-13(16)17/h2-3,6-7H,4,8H2,1H3,(H,16,17). The molecule has 0 atom stereocenters. The molecule has 0 amide bonds. The van der Waals surface area contributed by atoms with Gasteiger partial charge in [0, 0.05) is 17.1 Å². The van der Waals surface area contributed by atoms with Gasteiger partial charge >= 0.3 is 5.97 Å². The fourth-order valence-corrected chi connectivity index (χ4v) is 1.98. The zero-order valence-corrected chi connectivity index (χ0v) is 9.88. The highest BCUT2D eigenvalue weighted by atomic mass is 16.5. The lowest BCUT2D eigenvalue weighted by molar-refractivity contribution is -0.137. The zero-order chi connectivity index (χ0) is 13.1. The van der Waals surface area contributed by atoms with Gasteiger partial charge in [-0.3, -0.25) is 4.79 Å². The number of ether oxygens (including phenoxy) is 1. The molecule has 0 radical (unpaired) electrons. The number of benzene rings is 1. The molecule has 0 bridgehead atoms. The summed E-state index contributed by atoms with van der Waals surface area (Å²) in [5, 5.41) is 18.5. The lowest BCUT2D eigenvalue weighted by atomic mass is 10.1. The number of hydrogen-bond donors (Lipinski definition) is 1. The average molecular weight is 244 g/mol. The monoisotopic (exact) mass is 244 g/mol. The van der Waals surface area contributed by atoms with Crippen LogP contribution < -0.4 is 4.74 Å². The third kappa shape index (κ3) is 2.13. The summed E-state index contributed by atoms with van der Waals surface area (Å²) in [4.78, 5) is 10.8. The number of methoxy groups -OCH3 is 1. The summed E-state index contributed by atoms with van der Waals surface area (Å²) < 4.78 is 6.77. The Morgan fingerprint density at radius 1 is 1.56 bits per heavy atom. The van der Waals surface area contributed by atoms with E-state index in [1.165, 1.54) is 0 Å². The third-order valence-corrected chi connectivity index (χ3v) is 2.75. The molecule has 5 heteroatoms. The molecule has 0 spiro atoms. The van der Waals surface area contributed by atoms with Crippen molar-refractivity contribution in [1.29, 1.82) is 5.26 Å². The molecular formula is C13H12N2O3. The Bertz CT molecular complexity index is 637. The molecule has 18 heavy (non-hydrogen) atoms. The van der Waals surface area contributed by atoms with E-state index in [1.54, 1.807) is 30.0 Å². The second kappa shape index (κ2) is 4.80. The van der Waals surface area contributed by atoms with Crippen LogP contribution in [-0.4, -0.2) is 22.8 Å². The molecule has 2 rings (SSSR count). The maximum Gasteiger partial charge on any atom is 0.323 e. The fourth-order valence-electron chi connectivity index (χ4n) is 1.98. The van der Waals surface area contributed by atoms with E-state index in [0.717, 1.165) is 16.5 Å². The smallest absolute Gasteiger partial charge is 0.323 e. The van der Waals surface area contributed by atoms with Crippen LogP contribution in [0.2, 0.25) is 0 Å². The largest absolute Gasteiger partial charge is 0.497 e. The molecule has 0 unspecified atom stereocenters. The topological polar surface area (TPSA) is 75.2 Å². The van der Waals surface area contributed by atoms with Crippen LogP contribution in [0.4, 0.5) is 0 Å². The third-order valence-electron chi connectivity index (χ3n) is 2.75. The van der Waals surface area contributed by atoms with Crippen molar-refractivity contribution < 1.29 is 14.6 Å². The number of carbonyl (C=O) groups is 1. The molecule has 0 saturated heterocycles. The fraction of sp³-hybridized carbons (Fsp3) is 0.231.